The van der Waals surface area contributed by atoms with Crippen LogP contribution in [0.2, 0.25) is 5.02 Å². The van der Waals surface area contributed by atoms with Crippen LogP contribution in [0.4, 0.5) is 4.39 Å². The molecule has 16 heavy (non-hydrogen) atoms. The largest absolute Gasteiger partial charge is 0.372 e. The Morgan fingerprint density at radius 2 is 2.31 bits per heavy atom. The van der Waals surface area contributed by atoms with Crippen LogP contribution in [0.1, 0.15) is 12.0 Å². The van der Waals surface area contributed by atoms with Gasteiger partial charge in [0.25, 0.3) is 0 Å². The van der Waals surface area contributed by atoms with Gasteiger partial charge in [0.1, 0.15) is 5.82 Å². The first-order chi connectivity index (χ1) is 7.27. The number of nitrogens with one attached hydrogen (secondary N) is 1. The lowest BCUT2D eigenvalue weighted by molar-refractivity contribution is 0.0526. The standard InChI is InChI=1S/C11H13ClFNO.ClH/c12-10-2-1-3-11(13)9(10)7-15-8-4-5-14-6-8;/h1-3,8,14H,4-7H2;1H. The lowest BCUT2D eigenvalue weighted by Crippen LogP contribution is -2.16. The topological polar surface area (TPSA) is 21.3 Å². The van der Waals surface area contributed by atoms with Crippen molar-refractivity contribution in [3.63, 3.8) is 0 Å². The molecule has 0 aromatic heterocycles. The van der Waals surface area contributed by atoms with E-state index in [4.69, 9.17) is 16.3 Å². The highest BCUT2D eigenvalue weighted by Gasteiger charge is 2.16. The van der Waals surface area contributed by atoms with Gasteiger partial charge in [-0.2, -0.15) is 0 Å². The summed E-state index contributed by atoms with van der Waals surface area (Å²) in [6, 6.07) is 4.67. The highest BCUT2D eigenvalue weighted by molar-refractivity contribution is 6.31. The molecule has 0 amide bonds. The second-order valence-corrected chi connectivity index (χ2v) is 4.03. The van der Waals surface area contributed by atoms with Crippen molar-refractivity contribution >= 4 is 24.0 Å². The maximum absolute atomic E-state index is 13.3. The maximum Gasteiger partial charge on any atom is 0.130 e. The number of hydrogen-bond acceptors (Lipinski definition) is 2. The fraction of sp³-hybridized carbons (Fsp3) is 0.455. The van der Waals surface area contributed by atoms with Crippen molar-refractivity contribution in [3.8, 4) is 0 Å². The van der Waals surface area contributed by atoms with Crippen molar-refractivity contribution in [3.05, 3.63) is 34.6 Å². The molecule has 1 aromatic carbocycles. The molecule has 0 spiro atoms. The Morgan fingerprint density at radius 1 is 1.50 bits per heavy atom. The van der Waals surface area contributed by atoms with Crippen molar-refractivity contribution in [2.24, 2.45) is 0 Å². The predicted octanol–water partition coefficient (Wildman–Crippen LogP) is 2.78. The summed E-state index contributed by atoms with van der Waals surface area (Å²) < 4.78 is 18.9. The molecule has 0 bridgehead atoms. The lowest BCUT2D eigenvalue weighted by atomic mass is 10.2. The summed E-state index contributed by atoms with van der Waals surface area (Å²) in [5.74, 6) is -0.298. The molecule has 1 fully saturated rings. The molecule has 90 valence electrons. The molecule has 1 aliphatic heterocycles. The first kappa shape index (κ1) is 13.7. The average Bonchev–Trinajstić information content (AvgIpc) is 2.70. The van der Waals surface area contributed by atoms with E-state index in [1.165, 1.54) is 6.07 Å². The van der Waals surface area contributed by atoms with Gasteiger partial charge in [-0.3, -0.25) is 0 Å². The van der Waals surface area contributed by atoms with Crippen molar-refractivity contribution in [1.29, 1.82) is 0 Å². The van der Waals surface area contributed by atoms with Crippen molar-refractivity contribution in [2.75, 3.05) is 13.1 Å². The molecule has 2 rings (SSSR count). The molecule has 0 saturated carbocycles. The van der Waals surface area contributed by atoms with Gasteiger partial charge >= 0.3 is 0 Å². The third kappa shape index (κ3) is 3.32. The molecule has 1 aliphatic rings. The first-order valence-corrected chi connectivity index (χ1v) is 5.40. The number of hydrogen-bond donors (Lipinski definition) is 1. The second-order valence-electron chi connectivity index (χ2n) is 3.63. The fourth-order valence-electron chi connectivity index (χ4n) is 1.64. The van der Waals surface area contributed by atoms with E-state index in [1.54, 1.807) is 12.1 Å². The van der Waals surface area contributed by atoms with Gasteiger partial charge in [-0.1, -0.05) is 17.7 Å². The fourth-order valence-corrected chi connectivity index (χ4v) is 1.86. The van der Waals surface area contributed by atoms with Crippen LogP contribution in [0.25, 0.3) is 0 Å². The van der Waals surface area contributed by atoms with E-state index in [-0.39, 0.29) is 30.9 Å². The van der Waals surface area contributed by atoms with Gasteiger partial charge in [0.05, 0.1) is 12.7 Å². The van der Waals surface area contributed by atoms with Crippen LogP contribution in [0, 0.1) is 5.82 Å². The molecule has 0 radical (unpaired) electrons. The van der Waals surface area contributed by atoms with Crippen molar-refractivity contribution in [2.45, 2.75) is 19.1 Å². The molecular weight excluding hydrogens is 252 g/mol. The average molecular weight is 266 g/mol. The smallest absolute Gasteiger partial charge is 0.130 e. The van der Waals surface area contributed by atoms with Gasteiger partial charge in [-0.25, -0.2) is 4.39 Å². The number of benzene rings is 1. The van der Waals surface area contributed by atoms with Crippen LogP contribution in [-0.4, -0.2) is 19.2 Å². The van der Waals surface area contributed by atoms with Gasteiger partial charge in [0, 0.05) is 17.1 Å². The van der Waals surface area contributed by atoms with Gasteiger partial charge in [0.2, 0.25) is 0 Å². The van der Waals surface area contributed by atoms with Crippen LogP contribution in [0.15, 0.2) is 18.2 Å². The third-order valence-corrected chi connectivity index (χ3v) is 2.89. The summed E-state index contributed by atoms with van der Waals surface area (Å²) in [7, 11) is 0. The second kappa shape index (κ2) is 6.40. The normalized spacial score (nSPS) is 19.5. The molecule has 2 nitrogen and oxygen atoms in total. The molecule has 1 heterocycles. The Bertz CT molecular complexity index is 323. The summed E-state index contributed by atoms with van der Waals surface area (Å²) in [6.07, 6.45) is 1.16. The van der Waals surface area contributed by atoms with Gasteiger partial charge in [-0.15, -0.1) is 12.4 Å². The summed E-state index contributed by atoms with van der Waals surface area (Å²) in [5.41, 5.74) is 0.450. The van der Waals surface area contributed by atoms with Gasteiger partial charge in [-0.05, 0) is 25.1 Å². The SMILES string of the molecule is Cl.Fc1cccc(Cl)c1COC1CCNC1. The first-order valence-electron chi connectivity index (χ1n) is 5.02. The minimum absolute atomic E-state index is 0. The maximum atomic E-state index is 13.3. The summed E-state index contributed by atoms with van der Waals surface area (Å²) >= 11 is 5.88. The highest BCUT2D eigenvalue weighted by Crippen LogP contribution is 2.20. The van der Waals surface area contributed by atoms with Crippen LogP contribution >= 0.6 is 24.0 Å². The molecule has 1 aromatic rings. The van der Waals surface area contributed by atoms with E-state index in [0.29, 0.717) is 10.6 Å². The highest BCUT2D eigenvalue weighted by atomic mass is 35.5. The Kier molecular flexibility index (Phi) is 5.49. The number of ether oxygens (including phenoxy) is 1. The van der Waals surface area contributed by atoms with Crippen LogP contribution in [0.3, 0.4) is 0 Å². The Hall–Kier alpha value is -0.350. The van der Waals surface area contributed by atoms with E-state index in [0.717, 1.165) is 19.5 Å². The van der Waals surface area contributed by atoms with Gasteiger partial charge < -0.3 is 10.1 Å². The summed E-state index contributed by atoms with van der Waals surface area (Å²) in [5, 5.41) is 3.62. The van der Waals surface area contributed by atoms with E-state index in [1.807, 2.05) is 0 Å². The van der Waals surface area contributed by atoms with E-state index < -0.39 is 0 Å². The van der Waals surface area contributed by atoms with Gasteiger partial charge in [0.15, 0.2) is 0 Å². The number of halogens is 3. The van der Waals surface area contributed by atoms with E-state index in [2.05, 4.69) is 5.32 Å². The van der Waals surface area contributed by atoms with Crippen molar-refractivity contribution in [1.82, 2.24) is 5.32 Å². The number of rotatable bonds is 3. The summed E-state index contributed by atoms with van der Waals surface area (Å²) in [6.45, 7) is 2.06. The molecule has 1 atom stereocenters. The molecule has 0 aliphatic carbocycles. The minimum Gasteiger partial charge on any atom is -0.372 e. The van der Waals surface area contributed by atoms with E-state index in [9.17, 15) is 4.39 Å². The lowest BCUT2D eigenvalue weighted by Gasteiger charge is -2.11. The zero-order chi connectivity index (χ0) is 10.7. The zero-order valence-corrected chi connectivity index (χ0v) is 10.3. The summed E-state index contributed by atoms with van der Waals surface area (Å²) in [4.78, 5) is 0. The van der Waals surface area contributed by atoms with Crippen LogP contribution in [-0.2, 0) is 11.3 Å². The molecular formula is C11H14Cl2FNO. The van der Waals surface area contributed by atoms with E-state index >= 15 is 0 Å². The minimum atomic E-state index is -0.298. The Morgan fingerprint density at radius 3 is 2.94 bits per heavy atom. The third-order valence-electron chi connectivity index (χ3n) is 2.54. The van der Waals surface area contributed by atoms with Crippen LogP contribution in [0.5, 0.6) is 0 Å². The molecule has 1 unspecified atom stereocenters. The predicted molar refractivity (Wildman–Crippen MR) is 64.7 cm³/mol. The molecule has 1 N–H and O–H groups in total. The van der Waals surface area contributed by atoms with Crippen LogP contribution < -0.4 is 5.32 Å². The molecule has 1 saturated heterocycles. The monoisotopic (exact) mass is 265 g/mol. The zero-order valence-electron chi connectivity index (χ0n) is 8.71. The van der Waals surface area contributed by atoms with Crippen molar-refractivity contribution < 1.29 is 9.13 Å². The molecule has 5 heteroatoms. The Balaban J connectivity index is 0.00000128. The quantitative estimate of drug-likeness (QED) is 0.908. The Labute approximate surface area is 106 Å².